The van der Waals surface area contributed by atoms with Gasteiger partial charge in [0.1, 0.15) is 0 Å². The number of rotatable bonds is 5. The van der Waals surface area contributed by atoms with Crippen molar-refractivity contribution < 1.29 is 0 Å². The lowest BCUT2D eigenvalue weighted by Crippen LogP contribution is -2.49. The second kappa shape index (κ2) is 5.86. The third-order valence-electron chi connectivity index (χ3n) is 4.22. The average Bonchev–Trinajstić information content (AvgIpc) is 2.30. The van der Waals surface area contributed by atoms with Gasteiger partial charge >= 0.3 is 0 Å². The van der Waals surface area contributed by atoms with Gasteiger partial charge in [0.15, 0.2) is 0 Å². The van der Waals surface area contributed by atoms with Gasteiger partial charge in [-0.25, -0.2) is 0 Å². The molecule has 0 aromatic carbocycles. The summed E-state index contributed by atoms with van der Waals surface area (Å²) in [6, 6.07) is 0. The summed E-state index contributed by atoms with van der Waals surface area (Å²) >= 11 is 0. The first-order valence-corrected chi connectivity index (χ1v) is 6.58. The van der Waals surface area contributed by atoms with E-state index in [0.29, 0.717) is 5.41 Å². The van der Waals surface area contributed by atoms with E-state index in [1.807, 2.05) is 0 Å². The smallest absolute Gasteiger partial charge is 0.0110 e. The summed E-state index contributed by atoms with van der Waals surface area (Å²) in [5.74, 6) is 0. The van der Waals surface area contributed by atoms with Crippen LogP contribution in [0.25, 0.3) is 0 Å². The van der Waals surface area contributed by atoms with E-state index in [1.54, 1.807) is 0 Å². The van der Waals surface area contributed by atoms with Gasteiger partial charge in [0.2, 0.25) is 0 Å². The number of hydrogen-bond acceptors (Lipinski definition) is 2. The normalized spacial score (nSPS) is 20.8. The van der Waals surface area contributed by atoms with Crippen LogP contribution >= 0.6 is 0 Å². The molecule has 0 amide bonds. The van der Waals surface area contributed by atoms with Crippen LogP contribution in [-0.4, -0.2) is 49.1 Å². The third kappa shape index (κ3) is 3.76. The molecule has 1 heterocycles. The molecule has 0 unspecified atom stereocenters. The second-order valence-corrected chi connectivity index (χ2v) is 5.23. The zero-order chi connectivity index (χ0) is 11.3. The lowest BCUT2D eigenvalue weighted by Gasteiger charge is -2.39. The molecule has 1 aliphatic heterocycles. The molecule has 90 valence electrons. The van der Waals surface area contributed by atoms with Gasteiger partial charge in [0.05, 0.1) is 0 Å². The van der Waals surface area contributed by atoms with Crippen molar-refractivity contribution in [2.45, 2.75) is 40.5 Å². The number of hydrogen-bond donors (Lipinski definition) is 0. The van der Waals surface area contributed by atoms with Crippen LogP contribution in [-0.2, 0) is 0 Å². The van der Waals surface area contributed by atoms with E-state index in [1.165, 1.54) is 52.1 Å². The highest BCUT2D eigenvalue weighted by Gasteiger charge is 2.25. The topological polar surface area (TPSA) is 6.48 Å². The minimum atomic E-state index is 0.536. The molecule has 2 nitrogen and oxygen atoms in total. The van der Waals surface area contributed by atoms with Gasteiger partial charge in [-0.2, -0.15) is 0 Å². The first-order valence-electron chi connectivity index (χ1n) is 6.58. The summed E-state index contributed by atoms with van der Waals surface area (Å²) in [5.41, 5.74) is 0.536. The van der Waals surface area contributed by atoms with Crippen molar-refractivity contribution in [2.24, 2.45) is 5.41 Å². The fourth-order valence-electron chi connectivity index (χ4n) is 2.28. The molecule has 1 rings (SSSR count). The van der Waals surface area contributed by atoms with Gasteiger partial charge in [-0.1, -0.05) is 27.7 Å². The molecule has 0 radical (unpaired) electrons. The van der Waals surface area contributed by atoms with Crippen LogP contribution in [0.5, 0.6) is 0 Å². The van der Waals surface area contributed by atoms with E-state index < -0.39 is 0 Å². The molecule has 0 N–H and O–H groups in total. The van der Waals surface area contributed by atoms with E-state index in [0.717, 1.165) is 0 Å². The maximum absolute atomic E-state index is 2.65. The van der Waals surface area contributed by atoms with Crippen molar-refractivity contribution in [3.8, 4) is 0 Å². The van der Waals surface area contributed by atoms with Gasteiger partial charge < -0.3 is 9.80 Å². The lowest BCUT2D eigenvalue weighted by molar-refractivity contribution is 0.0896. The van der Waals surface area contributed by atoms with Gasteiger partial charge in [-0.05, 0) is 24.8 Å². The zero-order valence-corrected chi connectivity index (χ0v) is 11.1. The Morgan fingerprint density at radius 1 is 0.867 bits per heavy atom. The molecule has 1 fully saturated rings. The molecule has 15 heavy (non-hydrogen) atoms. The molecule has 0 bridgehead atoms. The fourth-order valence-corrected chi connectivity index (χ4v) is 2.28. The summed E-state index contributed by atoms with van der Waals surface area (Å²) in [4.78, 5) is 5.20. The van der Waals surface area contributed by atoms with E-state index in [9.17, 15) is 0 Å². The summed E-state index contributed by atoms with van der Waals surface area (Å²) < 4.78 is 0. The van der Waals surface area contributed by atoms with Crippen molar-refractivity contribution in [1.82, 2.24) is 9.80 Å². The first-order chi connectivity index (χ1) is 7.13. The van der Waals surface area contributed by atoms with Crippen LogP contribution in [0, 0.1) is 5.41 Å². The molecule has 0 aromatic rings. The van der Waals surface area contributed by atoms with E-state index in [2.05, 4.69) is 37.5 Å². The summed E-state index contributed by atoms with van der Waals surface area (Å²) in [6.45, 7) is 16.9. The first kappa shape index (κ1) is 13.0. The van der Waals surface area contributed by atoms with E-state index in [4.69, 9.17) is 0 Å². The van der Waals surface area contributed by atoms with Crippen molar-refractivity contribution >= 4 is 0 Å². The quantitative estimate of drug-likeness (QED) is 0.691. The molecule has 1 saturated heterocycles. The lowest BCUT2D eigenvalue weighted by atomic mass is 9.84. The van der Waals surface area contributed by atoms with Crippen LogP contribution in [0.4, 0.5) is 0 Å². The second-order valence-electron chi connectivity index (χ2n) is 5.23. The van der Waals surface area contributed by atoms with E-state index >= 15 is 0 Å². The summed E-state index contributed by atoms with van der Waals surface area (Å²) in [6.07, 6.45) is 2.61. The van der Waals surface area contributed by atoms with Gasteiger partial charge in [-0.3, -0.25) is 0 Å². The molecule has 0 saturated carbocycles. The average molecular weight is 212 g/mol. The Hall–Kier alpha value is -0.0800. The maximum Gasteiger partial charge on any atom is 0.0110 e. The van der Waals surface area contributed by atoms with Crippen molar-refractivity contribution in [1.29, 1.82) is 0 Å². The van der Waals surface area contributed by atoms with Gasteiger partial charge in [-0.15, -0.1) is 0 Å². The Balaban J connectivity index is 2.34. The molecule has 0 spiro atoms. The molecule has 0 atom stereocenters. The largest absolute Gasteiger partial charge is 0.301 e. The Morgan fingerprint density at radius 3 is 1.73 bits per heavy atom. The van der Waals surface area contributed by atoms with Crippen molar-refractivity contribution in [3.05, 3.63) is 0 Å². The number of likely N-dealkylation sites (N-methyl/N-ethyl adjacent to an activating group) is 1. The molecule has 2 heteroatoms. The SMILES string of the molecule is CCN1CCN(CC(C)(CC)CC)CC1. The number of nitrogens with zero attached hydrogens (tertiary/aromatic N) is 2. The highest BCUT2D eigenvalue weighted by atomic mass is 15.3. The Morgan fingerprint density at radius 2 is 1.33 bits per heavy atom. The van der Waals surface area contributed by atoms with E-state index in [-0.39, 0.29) is 0 Å². The Labute approximate surface area is 95.6 Å². The Kier molecular flexibility index (Phi) is 5.07. The van der Waals surface area contributed by atoms with Crippen molar-refractivity contribution in [3.63, 3.8) is 0 Å². The van der Waals surface area contributed by atoms with Crippen LogP contribution in [0.1, 0.15) is 40.5 Å². The summed E-state index contributed by atoms with van der Waals surface area (Å²) in [7, 11) is 0. The third-order valence-corrected chi connectivity index (χ3v) is 4.22. The predicted molar refractivity (Wildman–Crippen MR) is 67.2 cm³/mol. The van der Waals surface area contributed by atoms with Crippen LogP contribution in [0.2, 0.25) is 0 Å². The summed E-state index contributed by atoms with van der Waals surface area (Å²) in [5, 5.41) is 0. The van der Waals surface area contributed by atoms with Crippen LogP contribution in [0.15, 0.2) is 0 Å². The van der Waals surface area contributed by atoms with Crippen LogP contribution < -0.4 is 0 Å². The zero-order valence-electron chi connectivity index (χ0n) is 11.1. The molecular formula is C13H28N2. The van der Waals surface area contributed by atoms with Crippen LogP contribution in [0.3, 0.4) is 0 Å². The highest BCUT2D eigenvalue weighted by molar-refractivity contribution is 4.79. The standard InChI is InChI=1S/C13H28N2/c1-5-13(4,6-2)12-15-10-8-14(7-3)9-11-15/h5-12H2,1-4H3. The minimum Gasteiger partial charge on any atom is -0.301 e. The monoisotopic (exact) mass is 212 g/mol. The fraction of sp³-hybridized carbons (Fsp3) is 1.00. The molecule has 0 aromatic heterocycles. The molecular weight excluding hydrogens is 184 g/mol. The molecule has 0 aliphatic carbocycles. The van der Waals surface area contributed by atoms with Gasteiger partial charge in [0.25, 0.3) is 0 Å². The van der Waals surface area contributed by atoms with Gasteiger partial charge in [0, 0.05) is 32.7 Å². The number of piperazine rings is 1. The highest BCUT2D eigenvalue weighted by Crippen LogP contribution is 2.26. The predicted octanol–water partition coefficient (Wildman–Crippen LogP) is 2.45. The Bertz CT molecular complexity index is 167. The van der Waals surface area contributed by atoms with Crippen molar-refractivity contribution in [2.75, 3.05) is 39.3 Å². The minimum absolute atomic E-state index is 0.536. The molecule has 1 aliphatic rings. The maximum atomic E-state index is 2.65.